The minimum absolute atomic E-state index is 0.290. The van der Waals surface area contributed by atoms with Gasteiger partial charge in [0.25, 0.3) is 5.91 Å². The lowest BCUT2D eigenvalue weighted by molar-refractivity contribution is -0.921. The number of anilines is 1. The standard InChI is InChI=1S/C19H21N3O4S/c1-12-15-9-14(24-2)3-4-16(15)26-17(12)18(23)21-19-20-13(11-27-19)10-22-5-7-25-8-6-22/h3-4,9,11H,5-8,10H2,1-2H3,(H,20,21,23)/p+1. The quantitative estimate of drug-likeness (QED) is 0.698. The van der Waals surface area contributed by atoms with E-state index in [0.717, 1.165) is 55.2 Å². The highest BCUT2D eigenvalue weighted by molar-refractivity contribution is 7.13. The number of fused-ring (bicyclic) bond motifs is 1. The minimum atomic E-state index is -0.290. The number of benzene rings is 1. The van der Waals surface area contributed by atoms with Gasteiger partial charge in [-0.25, -0.2) is 4.98 Å². The number of methoxy groups -OCH3 is 1. The highest BCUT2D eigenvalue weighted by Gasteiger charge is 2.20. The Morgan fingerprint density at radius 1 is 1.37 bits per heavy atom. The van der Waals surface area contributed by atoms with E-state index in [1.807, 2.05) is 30.5 Å². The van der Waals surface area contributed by atoms with Crippen molar-refractivity contribution in [3.63, 3.8) is 0 Å². The molecule has 7 nitrogen and oxygen atoms in total. The molecule has 2 aromatic heterocycles. The molecular formula is C19H22N3O4S+. The van der Waals surface area contributed by atoms with E-state index in [9.17, 15) is 4.79 Å². The molecule has 1 amide bonds. The zero-order chi connectivity index (χ0) is 18.8. The number of aromatic nitrogens is 1. The zero-order valence-electron chi connectivity index (χ0n) is 15.3. The first-order valence-corrected chi connectivity index (χ1v) is 9.76. The number of furan rings is 1. The molecule has 1 saturated heterocycles. The van der Waals surface area contributed by atoms with Gasteiger partial charge in [0, 0.05) is 16.3 Å². The molecular weight excluding hydrogens is 366 g/mol. The van der Waals surface area contributed by atoms with E-state index >= 15 is 0 Å². The second-order valence-corrected chi connectivity index (χ2v) is 7.41. The lowest BCUT2D eigenvalue weighted by atomic mass is 10.1. The number of carbonyl (C=O) groups is 1. The van der Waals surface area contributed by atoms with Crippen molar-refractivity contribution in [2.45, 2.75) is 13.5 Å². The molecule has 8 heteroatoms. The number of quaternary nitrogens is 1. The van der Waals surface area contributed by atoms with E-state index in [1.165, 1.54) is 16.2 Å². The van der Waals surface area contributed by atoms with Crippen molar-refractivity contribution in [2.75, 3.05) is 38.7 Å². The highest BCUT2D eigenvalue weighted by Crippen LogP contribution is 2.29. The Morgan fingerprint density at radius 2 is 2.19 bits per heavy atom. The van der Waals surface area contributed by atoms with Crippen molar-refractivity contribution in [3.05, 3.63) is 40.6 Å². The van der Waals surface area contributed by atoms with Crippen LogP contribution in [0.15, 0.2) is 28.0 Å². The van der Waals surface area contributed by atoms with E-state index in [4.69, 9.17) is 13.9 Å². The number of aryl methyl sites for hydroxylation is 1. The number of thiazole rings is 1. The SMILES string of the molecule is COc1ccc2oc(C(=O)Nc3nc(C[NH+]4CCOCC4)cs3)c(C)c2c1. The molecule has 3 aromatic rings. The predicted octanol–water partition coefficient (Wildman–Crippen LogP) is 1.87. The number of hydrogen-bond acceptors (Lipinski definition) is 6. The topological polar surface area (TPSA) is 78.0 Å². The Kier molecular flexibility index (Phi) is 5.11. The number of hydrogen-bond donors (Lipinski definition) is 2. The van der Waals surface area contributed by atoms with Gasteiger partial charge in [0.2, 0.25) is 0 Å². The zero-order valence-corrected chi connectivity index (χ0v) is 16.1. The van der Waals surface area contributed by atoms with Gasteiger partial charge in [0.1, 0.15) is 36.7 Å². The molecule has 0 radical (unpaired) electrons. The maximum absolute atomic E-state index is 12.7. The highest BCUT2D eigenvalue weighted by atomic mass is 32.1. The van der Waals surface area contributed by atoms with Crippen LogP contribution >= 0.6 is 11.3 Å². The molecule has 0 aliphatic carbocycles. The first-order chi connectivity index (χ1) is 13.1. The van der Waals surface area contributed by atoms with Gasteiger partial charge in [-0.2, -0.15) is 0 Å². The van der Waals surface area contributed by atoms with Gasteiger partial charge in [-0.3, -0.25) is 10.1 Å². The van der Waals surface area contributed by atoms with Crippen molar-refractivity contribution >= 4 is 33.3 Å². The third-order valence-electron chi connectivity index (χ3n) is 4.75. The summed E-state index contributed by atoms with van der Waals surface area (Å²) >= 11 is 1.43. The van der Waals surface area contributed by atoms with Crippen LogP contribution in [0, 0.1) is 6.92 Å². The van der Waals surface area contributed by atoms with Crippen LogP contribution in [0.3, 0.4) is 0 Å². The first kappa shape index (κ1) is 18.0. The fraction of sp³-hybridized carbons (Fsp3) is 0.368. The fourth-order valence-electron chi connectivity index (χ4n) is 3.24. The van der Waals surface area contributed by atoms with Crippen molar-refractivity contribution < 1.29 is 23.6 Å². The van der Waals surface area contributed by atoms with Crippen LogP contribution in [0.1, 0.15) is 21.8 Å². The summed E-state index contributed by atoms with van der Waals surface area (Å²) in [5.41, 5.74) is 2.43. The number of amides is 1. The monoisotopic (exact) mass is 388 g/mol. The van der Waals surface area contributed by atoms with E-state index in [-0.39, 0.29) is 5.91 Å². The van der Waals surface area contributed by atoms with Crippen molar-refractivity contribution in [1.29, 1.82) is 0 Å². The van der Waals surface area contributed by atoms with E-state index in [1.54, 1.807) is 7.11 Å². The smallest absolute Gasteiger partial charge is 0.293 e. The third kappa shape index (κ3) is 3.83. The average Bonchev–Trinajstić information content (AvgIpc) is 3.26. The molecule has 1 aromatic carbocycles. The lowest BCUT2D eigenvalue weighted by Crippen LogP contribution is -3.12. The summed E-state index contributed by atoms with van der Waals surface area (Å²) in [6.45, 7) is 6.27. The molecule has 0 bridgehead atoms. The van der Waals surface area contributed by atoms with Crippen LogP contribution in [0.4, 0.5) is 5.13 Å². The number of rotatable bonds is 5. The first-order valence-electron chi connectivity index (χ1n) is 8.88. The van der Waals surface area contributed by atoms with Crippen LogP contribution in [0.5, 0.6) is 5.75 Å². The number of nitrogens with zero attached hydrogens (tertiary/aromatic N) is 1. The molecule has 1 aliphatic rings. The third-order valence-corrected chi connectivity index (χ3v) is 5.56. The molecule has 27 heavy (non-hydrogen) atoms. The van der Waals surface area contributed by atoms with Gasteiger partial charge in [-0.05, 0) is 25.1 Å². The minimum Gasteiger partial charge on any atom is -0.497 e. The molecule has 4 rings (SSSR count). The molecule has 0 saturated carbocycles. The normalized spacial score (nSPS) is 15.2. The maximum atomic E-state index is 12.7. The summed E-state index contributed by atoms with van der Waals surface area (Å²) < 4.78 is 16.4. The summed E-state index contributed by atoms with van der Waals surface area (Å²) in [6, 6.07) is 5.50. The maximum Gasteiger partial charge on any atom is 0.293 e. The number of ether oxygens (including phenoxy) is 2. The Morgan fingerprint density at radius 3 is 2.96 bits per heavy atom. The van der Waals surface area contributed by atoms with Crippen molar-refractivity contribution in [1.82, 2.24) is 4.98 Å². The summed E-state index contributed by atoms with van der Waals surface area (Å²) in [7, 11) is 1.61. The summed E-state index contributed by atoms with van der Waals surface area (Å²) in [5, 5.41) is 6.30. The molecule has 0 spiro atoms. The summed E-state index contributed by atoms with van der Waals surface area (Å²) in [5.74, 6) is 0.740. The second-order valence-electron chi connectivity index (χ2n) is 6.56. The van der Waals surface area contributed by atoms with Gasteiger partial charge in [0.15, 0.2) is 10.9 Å². The van der Waals surface area contributed by atoms with Crippen LogP contribution in [0.2, 0.25) is 0 Å². The molecule has 142 valence electrons. The van der Waals surface area contributed by atoms with E-state index in [0.29, 0.717) is 16.5 Å². The summed E-state index contributed by atoms with van der Waals surface area (Å²) in [4.78, 5) is 18.7. The molecule has 1 fully saturated rings. The van der Waals surface area contributed by atoms with Gasteiger partial charge >= 0.3 is 0 Å². The van der Waals surface area contributed by atoms with Gasteiger partial charge in [0.05, 0.1) is 20.3 Å². The van der Waals surface area contributed by atoms with E-state index in [2.05, 4.69) is 10.3 Å². The number of morpholine rings is 1. The van der Waals surface area contributed by atoms with Gasteiger partial charge < -0.3 is 18.8 Å². The fourth-order valence-corrected chi connectivity index (χ4v) is 3.94. The van der Waals surface area contributed by atoms with Crippen LogP contribution in [-0.2, 0) is 11.3 Å². The molecule has 0 atom stereocenters. The van der Waals surface area contributed by atoms with Crippen LogP contribution in [0.25, 0.3) is 11.0 Å². The summed E-state index contributed by atoms with van der Waals surface area (Å²) in [6.07, 6.45) is 0. The molecule has 0 unspecified atom stereocenters. The van der Waals surface area contributed by atoms with E-state index < -0.39 is 0 Å². The lowest BCUT2D eigenvalue weighted by Gasteiger charge is -2.22. The Balaban J connectivity index is 1.47. The molecule has 1 aliphatic heterocycles. The Bertz CT molecular complexity index is 959. The van der Waals surface area contributed by atoms with Crippen molar-refractivity contribution in [3.8, 4) is 5.75 Å². The predicted molar refractivity (Wildman–Crippen MR) is 103 cm³/mol. The molecule has 2 N–H and O–H groups in total. The van der Waals surface area contributed by atoms with Gasteiger partial charge in [-0.15, -0.1) is 11.3 Å². The van der Waals surface area contributed by atoms with Crippen LogP contribution < -0.4 is 15.0 Å². The second kappa shape index (κ2) is 7.67. The Labute approximate surface area is 160 Å². The van der Waals surface area contributed by atoms with Crippen molar-refractivity contribution in [2.24, 2.45) is 0 Å². The largest absolute Gasteiger partial charge is 0.497 e. The average molecular weight is 388 g/mol. The number of carbonyl (C=O) groups excluding carboxylic acids is 1. The van der Waals surface area contributed by atoms with Crippen LogP contribution in [-0.4, -0.2) is 44.3 Å². The molecule has 3 heterocycles. The van der Waals surface area contributed by atoms with Gasteiger partial charge in [-0.1, -0.05) is 0 Å². The Hall–Kier alpha value is -2.42. The number of nitrogens with one attached hydrogen (secondary N) is 2.